The van der Waals surface area contributed by atoms with Gasteiger partial charge in [-0.05, 0) is 68.7 Å². The first-order valence-electron chi connectivity index (χ1n) is 20.1. The highest BCUT2D eigenvalue weighted by Gasteiger charge is 2.49. The van der Waals surface area contributed by atoms with Gasteiger partial charge in [0, 0.05) is 24.4 Å². The van der Waals surface area contributed by atoms with Crippen molar-refractivity contribution in [1.29, 1.82) is 5.26 Å². The molecule has 0 aromatic heterocycles. The van der Waals surface area contributed by atoms with E-state index in [1.807, 2.05) is 78.9 Å². The lowest BCUT2D eigenvalue weighted by molar-refractivity contribution is -0.120. The summed E-state index contributed by atoms with van der Waals surface area (Å²) in [6, 6.07) is 26.9. The van der Waals surface area contributed by atoms with E-state index in [2.05, 4.69) is 58.7 Å². The van der Waals surface area contributed by atoms with Gasteiger partial charge in [0.15, 0.2) is 11.9 Å². The molecule has 0 radical (unpaired) electrons. The zero-order valence-corrected chi connectivity index (χ0v) is 36.2. The van der Waals surface area contributed by atoms with Crippen LogP contribution in [0.5, 0.6) is 11.5 Å². The van der Waals surface area contributed by atoms with Crippen LogP contribution in [-0.4, -0.2) is 104 Å². The van der Waals surface area contributed by atoms with Crippen LogP contribution in [0.2, 0.25) is 0 Å². The maximum Gasteiger partial charge on any atom is 0.259 e. The van der Waals surface area contributed by atoms with Crippen molar-refractivity contribution in [2.75, 3.05) is 27.4 Å². The summed E-state index contributed by atoms with van der Waals surface area (Å²) < 4.78 is 40.9. The van der Waals surface area contributed by atoms with E-state index in [9.17, 15) is 14.9 Å². The van der Waals surface area contributed by atoms with Gasteiger partial charge in [-0.3, -0.25) is 24.8 Å². The third-order valence-electron chi connectivity index (χ3n) is 10.3. The number of benzene rings is 3. The predicted molar refractivity (Wildman–Crippen MR) is 229 cm³/mol. The summed E-state index contributed by atoms with van der Waals surface area (Å²) in [5.41, 5.74) is 1.42. The third kappa shape index (κ3) is 9.76. The number of guanidine groups is 1. The van der Waals surface area contributed by atoms with Gasteiger partial charge in [-0.15, -0.1) is 0 Å². The Morgan fingerprint density at radius 2 is 1.57 bits per heavy atom. The Kier molecular flexibility index (Phi) is 14.8. The minimum atomic E-state index is -1.70. The van der Waals surface area contributed by atoms with Gasteiger partial charge >= 0.3 is 0 Å². The summed E-state index contributed by atoms with van der Waals surface area (Å²) in [6.45, 7) is 12.0. The molecule has 2 amide bonds. The smallest absolute Gasteiger partial charge is 0.259 e. The summed E-state index contributed by atoms with van der Waals surface area (Å²) >= 11 is 0. The molecular weight excluding hydrogens is 785 g/mol. The molecule has 3 aliphatic heterocycles. The van der Waals surface area contributed by atoms with Crippen molar-refractivity contribution in [2.24, 2.45) is 20.9 Å². The van der Waals surface area contributed by atoms with E-state index in [1.54, 1.807) is 33.0 Å². The SMILES string of the molecule is COc1ccc(C(OC[C@H]2O[C@@H](N3C=NC4C(=O)NC(=NC(=O)C(C)C)N=C43)C[C@@H]2OP(OCCC#N)N(C(C)C)C(C)C)(c2ccccc2)c2ccc(OC)cc2)cc1. The van der Waals surface area contributed by atoms with Crippen LogP contribution >= 0.6 is 8.53 Å². The van der Waals surface area contributed by atoms with Crippen molar-refractivity contribution in [3.63, 3.8) is 0 Å². The monoisotopic (exact) mass is 839 g/mol. The first-order valence-corrected chi connectivity index (χ1v) is 21.3. The molecule has 1 saturated heterocycles. The molecule has 0 saturated carbocycles. The second-order valence-corrected chi connectivity index (χ2v) is 16.7. The maximum absolute atomic E-state index is 13.2. The second-order valence-electron chi connectivity index (χ2n) is 15.3. The van der Waals surface area contributed by atoms with Gasteiger partial charge in [0.1, 0.15) is 29.4 Å². The van der Waals surface area contributed by atoms with Crippen LogP contribution in [0.1, 0.15) is 71.1 Å². The number of ether oxygens (including phenoxy) is 4. The Labute approximate surface area is 353 Å². The predicted octanol–water partition coefficient (Wildman–Crippen LogP) is 6.57. The summed E-state index contributed by atoms with van der Waals surface area (Å²) in [7, 11) is 1.56. The van der Waals surface area contributed by atoms with Crippen molar-refractivity contribution in [2.45, 2.75) is 96.5 Å². The van der Waals surface area contributed by atoms with Gasteiger partial charge in [0.05, 0.1) is 52.4 Å². The molecular formula is C44H54N7O8P. The number of nitriles is 1. The summed E-state index contributed by atoms with van der Waals surface area (Å²) in [4.78, 5) is 40.6. The van der Waals surface area contributed by atoms with E-state index in [1.165, 1.54) is 6.34 Å². The molecule has 6 rings (SSSR count). The van der Waals surface area contributed by atoms with Crippen molar-refractivity contribution < 1.29 is 37.6 Å². The van der Waals surface area contributed by atoms with E-state index < -0.39 is 50.4 Å². The summed E-state index contributed by atoms with van der Waals surface area (Å²) in [5.74, 6) is 0.321. The third-order valence-corrected chi connectivity index (χ3v) is 12.4. The lowest BCUT2D eigenvalue weighted by Crippen LogP contribution is -2.51. The van der Waals surface area contributed by atoms with Crippen LogP contribution < -0.4 is 14.8 Å². The van der Waals surface area contributed by atoms with E-state index in [0.717, 1.165) is 16.7 Å². The molecule has 1 fully saturated rings. The molecule has 0 aliphatic carbocycles. The Morgan fingerprint density at radius 3 is 2.12 bits per heavy atom. The highest BCUT2D eigenvalue weighted by atomic mass is 31.2. The largest absolute Gasteiger partial charge is 0.497 e. The summed E-state index contributed by atoms with van der Waals surface area (Å²) in [5, 5.41) is 12.0. The summed E-state index contributed by atoms with van der Waals surface area (Å²) in [6.07, 6.45) is 0.0253. The molecule has 3 aromatic rings. The van der Waals surface area contributed by atoms with Gasteiger partial charge in [-0.1, -0.05) is 68.4 Å². The molecule has 60 heavy (non-hydrogen) atoms. The fourth-order valence-corrected chi connectivity index (χ4v) is 9.11. The zero-order chi connectivity index (χ0) is 43.0. The number of amides is 2. The lowest BCUT2D eigenvalue weighted by Gasteiger charge is -2.39. The molecule has 16 heteroatoms. The molecule has 3 heterocycles. The fourth-order valence-electron chi connectivity index (χ4n) is 7.36. The lowest BCUT2D eigenvalue weighted by atomic mass is 9.80. The average Bonchev–Trinajstić information content (AvgIpc) is 3.85. The van der Waals surface area contributed by atoms with Gasteiger partial charge in [0.25, 0.3) is 20.3 Å². The second kappa shape index (κ2) is 20.0. The Morgan fingerprint density at radius 1 is 0.967 bits per heavy atom. The quantitative estimate of drug-likeness (QED) is 0.0836. The molecule has 15 nitrogen and oxygen atoms in total. The van der Waals surface area contributed by atoms with Crippen molar-refractivity contribution in [3.8, 4) is 17.6 Å². The molecule has 1 N–H and O–H groups in total. The van der Waals surface area contributed by atoms with Crippen LogP contribution in [-0.2, 0) is 33.7 Å². The first kappa shape index (κ1) is 44.5. The number of carbonyl (C=O) groups is 2. The van der Waals surface area contributed by atoms with Crippen LogP contribution in [0, 0.1) is 17.2 Å². The number of methoxy groups -OCH3 is 2. The number of nitrogens with zero attached hydrogens (tertiary/aromatic N) is 6. The van der Waals surface area contributed by atoms with E-state index in [4.69, 9.17) is 28.0 Å². The van der Waals surface area contributed by atoms with Crippen molar-refractivity contribution >= 4 is 38.5 Å². The van der Waals surface area contributed by atoms with Gasteiger partial charge in [-0.2, -0.15) is 15.2 Å². The minimum absolute atomic E-state index is 0.0375. The van der Waals surface area contributed by atoms with Crippen LogP contribution in [0.15, 0.2) is 93.8 Å². The van der Waals surface area contributed by atoms with Gasteiger partial charge in [0.2, 0.25) is 5.96 Å². The number of rotatable bonds is 18. The molecule has 0 bridgehead atoms. The number of aliphatic imine (C=N–C) groups is 3. The Hall–Kier alpha value is -5.07. The maximum atomic E-state index is 13.2. The number of hydrogen-bond acceptors (Lipinski definition) is 12. The Bertz CT molecular complexity index is 2020. The Balaban J connectivity index is 1.42. The fraction of sp³-hybridized carbons (Fsp3) is 0.455. The minimum Gasteiger partial charge on any atom is -0.497 e. The van der Waals surface area contributed by atoms with Gasteiger partial charge in [-0.25, -0.2) is 4.67 Å². The van der Waals surface area contributed by atoms with Crippen LogP contribution in [0.25, 0.3) is 0 Å². The van der Waals surface area contributed by atoms with E-state index >= 15 is 0 Å². The number of amidine groups is 1. The molecule has 3 aromatic carbocycles. The van der Waals surface area contributed by atoms with Crippen molar-refractivity contribution in [1.82, 2.24) is 14.9 Å². The van der Waals surface area contributed by atoms with E-state index in [-0.39, 0.29) is 49.4 Å². The van der Waals surface area contributed by atoms with Crippen molar-refractivity contribution in [3.05, 3.63) is 95.6 Å². The molecule has 2 unspecified atom stereocenters. The van der Waals surface area contributed by atoms with Gasteiger partial charge < -0.3 is 28.0 Å². The molecule has 3 aliphatic rings. The molecule has 0 spiro atoms. The van der Waals surface area contributed by atoms with Crippen LogP contribution in [0.3, 0.4) is 0 Å². The van der Waals surface area contributed by atoms with Crippen LogP contribution in [0.4, 0.5) is 0 Å². The first-order chi connectivity index (χ1) is 28.9. The number of fused-ring (bicyclic) bond motifs is 1. The average molecular weight is 840 g/mol. The molecule has 5 atom stereocenters. The standard InChI is InChI=1S/C44H54N7O8P/c1-28(2)41(52)48-43-47-40-39(42(53)49-43)46-27-50(40)38-25-36(59-60(57-24-12-23-45)51(29(3)4)30(5)6)37(58-38)26-56-44(31-13-10-9-11-14-31,32-15-19-34(54-7)20-16-32)33-17-21-35(55-8)22-18-33/h9-11,13-22,27-30,36-39H,12,24-26H2,1-8H3,(H,48,49,52,53)/t36-,37+,38+,39?,60?/m0/s1. The highest BCUT2D eigenvalue weighted by molar-refractivity contribution is 7.44. The number of hydrogen-bond donors (Lipinski definition) is 1. The number of carbonyl (C=O) groups excluding carboxylic acids is 2. The normalized spacial score (nSPS) is 21.4. The topological polar surface area (TPSA) is 169 Å². The highest BCUT2D eigenvalue weighted by Crippen LogP contribution is 2.50. The van der Waals surface area contributed by atoms with E-state index in [0.29, 0.717) is 17.9 Å². The zero-order valence-electron chi connectivity index (χ0n) is 35.3. The number of nitrogens with one attached hydrogen (secondary N) is 1. The molecule has 318 valence electrons.